The van der Waals surface area contributed by atoms with Gasteiger partial charge in [0.2, 0.25) is 5.88 Å². The van der Waals surface area contributed by atoms with E-state index in [-0.39, 0.29) is 11.7 Å². The lowest BCUT2D eigenvalue weighted by Crippen LogP contribution is -2.41. The van der Waals surface area contributed by atoms with Crippen LogP contribution in [0, 0.1) is 6.92 Å². The number of ether oxygens (including phenoxy) is 1. The van der Waals surface area contributed by atoms with Crippen LogP contribution in [-0.4, -0.2) is 44.3 Å². The van der Waals surface area contributed by atoms with Gasteiger partial charge in [-0.1, -0.05) is 6.07 Å². The second kappa shape index (κ2) is 7.63. The molecular weight excluding hydrogens is 360 g/mol. The van der Waals surface area contributed by atoms with Gasteiger partial charge in [0.1, 0.15) is 11.8 Å². The number of aromatic amines is 2. The Morgan fingerprint density at radius 1 is 1.25 bits per heavy atom. The maximum absolute atomic E-state index is 12.1. The maximum Gasteiger partial charge on any atom is 0.325 e. The minimum atomic E-state index is -0.556. The first-order valence-electron chi connectivity index (χ1n) is 9.09. The molecule has 1 aliphatic rings. The number of hydrogen-bond donors (Lipinski definition) is 2. The first-order chi connectivity index (χ1) is 13.6. The lowest BCUT2D eigenvalue weighted by atomic mass is 10.1. The topological polar surface area (TPSA) is 117 Å². The van der Waals surface area contributed by atoms with E-state index in [1.807, 2.05) is 31.2 Å². The molecule has 1 unspecified atom stereocenters. The maximum atomic E-state index is 12.1. The van der Waals surface area contributed by atoms with Crippen molar-refractivity contribution in [2.45, 2.75) is 25.9 Å². The summed E-state index contributed by atoms with van der Waals surface area (Å²) in [5, 5.41) is 8.33. The van der Waals surface area contributed by atoms with Gasteiger partial charge in [0, 0.05) is 25.0 Å². The number of anilines is 1. The van der Waals surface area contributed by atoms with Crippen LogP contribution in [0.4, 0.5) is 5.69 Å². The molecule has 1 atom stereocenters. The lowest BCUT2D eigenvalue weighted by Gasteiger charge is -2.34. The summed E-state index contributed by atoms with van der Waals surface area (Å²) in [6, 6.07) is 7.42. The number of piperidine rings is 1. The Kier molecular flexibility index (Phi) is 4.88. The van der Waals surface area contributed by atoms with Crippen molar-refractivity contribution in [3.8, 4) is 17.1 Å². The van der Waals surface area contributed by atoms with Crippen LogP contribution < -0.4 is 20.9 Å². The minimum Gasteiger partial charge on any atom is -0.472 e. The first-order valence-corrected chi connectivity index (χ1v) is 9.09. The molecule has 0 aliphatic carbocycles. The van der Waals surface area contributed by atoms with Gasteiger partial charge < -0.3 is 14.6 Å². The average molecular weight is 380 g/mol. The largest absolute Gasteiger partial charge is 0.472 e. The Morgan fingerprint density at radius 2 is 2.14 bits per heavy atom. The van der Waals surface area contributed by atoms with Crippen LogP contribution in [0.3, 0.4) is 0 Å². The summed E-state index contributed by atoms with van der Waals surface area (Å²) in [6.45, 7) is 3.42. The second-order valence-corrected chi connectivity index (χ2v) is 6.68. The molecule has 144 valence electrons. The molecule has 2 N–H and O–H groups in total. The van der Waals surface area contributed by atoms with Gasteiger partial charge >= 0.3 is 5.69 Å². The molecule has 4 heterocycles. The van der Waals surface area contributed by atoms with Crippen molar-refractivity contribution in [1.82, 2.24) is 25.1 Å². The van der Waals surface area contributed by atoms with Gasteiger partial charge in [0.25, 0.3) is 5.56 Å². The predicted octanol–water partition coefficient (Wildman–Crippen LogP) is 1.27. The number of pyridine rings is 1. The van der Waals surface area contributed by atoms with Crippen LogP contribution in [0.15, 0.2) is 46.2 Å². The van der Waals surface area contributed by atoms with Crippen LogP contribution in [0.2, 0.25) is 0 Å². The normalized spacial score (nSPS) is 16.8. The number of nitrogens with zero attached hydrogens (tertiary/aromatic N) is 4. The fraction of sp³-hybridized carbons (Fsp3) is 0.316. The summed E-state index contributed by atoms with van der Waals surface area (Å²) in [6.07, 6.45) is 4.98. The Balaban J connectivity index is 1.59. The number of nitrogens with one attached hydrogen (secondary N) is 2. The molecule has 0 amide bonds. The molecule has 1 fully saturated rings. The van der Waals surface area contributed by atoms with E-state index < -0.39 is 11.2 Å². The van der Waals surface area contributed by atoms with E-state index in [4.69, 9.17) is 4.74 Å². The molecule has 0 spiro atoms. The van der Waals surface area contributed by atoms with Crippen LogP contribution in [0.5, 0.6) is 5.88 Å². The van der Waals surface area contributed by atoms with Gasteiger partial charge in [-0.05, 0) is 31.9 Å². The van der Waals surface area contributed by atoms with Crippen LogP contribution in [0.1, 0.15) is 18.5 Å². The van der Waals surface area contributed by atoms with E-state index in [9.17, 15) is 9.59 Å². The van der Waals surface area contributed by atoms with E-state index in [1.54, 1.807) is 6.20 Å². The van der Waals surface area contributed by atoms with Crippen LogP contribution in [0.25, 0.3) is 11.3 Å². The van der Waals surface area contributed by atoms with Crippen molar-refractivity contribution in [2.24, 2.45) is 0 Å². The quantitative estimate of drug-likeness (QED) is 0.700. The van der Waals surface area contributed by atoms with Gasteiger partial charge in [-0.3, -0.25) is 9.78 Å². The van der Waals surface area contributed by atoms with Gasteiger partial charge in [-0.2, -0.15) is 5.10 Å². The van der Waals surface area contributed by atoms with Crippen molar-refractivity contribution in [1.29, 1.82) is 0 Å². The zero-order chi connectivity index (χ0) is 19.5. The summed E-state index contributed by atoms with van der Waals surface area (Å²) < 4.78 is 6.01. The third-order valence-corrected chi connectivity index (χ3v) is 4.69. The van der Waals surface area contributed by atoms with Gasteiger partial charge in [0.15, 0.2) is 0 Å². The Morgan fingerprint density at radius 3 is 2.93 bits per heavy atom. The van der Waals surface area contributed by atoms with E-state index in [0.717, 1.165) is 30.8 Å². The molecule has 3 aromatic heterocycles. The van der Waals surface area contributed by atoms with Crippen molar-refractivity contribution >= 4 is 5.69 Å². The second-order valence-electron chi connectivity index (χ2n) is 6.68. The van der Waals surface area contributed by atoms with E-state index >= 15 is 0 Å². The smallest absolute Gasteiger partial charge is 0.325 e. The average Bonchev–Trinajstić information content (AvgIpc) is 2.70. The molecule has 0 aromatic carbocycles. The van der Waals surface area contributed by atoms with Crippen molar-refractivity contribution < 1.29 is 4.74 Å². The van der Waals surface area contributed by atoms with Gasteiger partial charge in [0.05, 0.1) is 23.5 Å². The Hall–Kier alpha value is -3.49. The SMILES string of the molecule is Cc1nnc(-c2c[nH]c(=O)[nH]c2=O)cc1N1CCCC(Oc2ccccn2)C1. The molecule has 4 rings (SSSR count). The minimum absolute atomic E-state index is 0.0103. The Labute approximate surface area is 160 Å². The molecule has 0 bridgehead atoms. The third-order valence-electron chi connectivity index (χ3n) is 4.69. The molecule has 0 radical (unpaired) electrons. The number of aromatic nitrogens is 5. The summed E-state index contributed by atoms with van der Waals surface area (Å²) in [4.78, 5) is 34.4. The highest BCUT2D eigenvalue weighted by atomic mass is 16.5. The molecule has 9 nitrogen and oxygen atoms in total. The monoisotopic (exact) mass is 380 g/mol. The highest BCUT2D eigenvalue weighted by Gasteiger charge is 2.24. The fourth-order valence-electron chi connectivity index (χ4n) is 3.34. The predicted molar refractivity (Wildman–Crippen MR) is 104 cm³/mol. The molecule has 0 saturated carbocycles. The lowest BCUT2D eigenvalue weighted by molar-refractivity contribution is 0.172. The summed E-state index contributed by atoms with van der Waals surface area (Å²) in [5.41, 5.74) is 1.29. The van der Waals surface area contributed by atoms with E-state index in [2.05, 4.69) is 30.0 Å². The highest BCUT2D eigenvalue weighted by Crippen LogP contribution is 2.26. The van der Waals surface area contributed by atoms with Gasteiger partial charge in [-0.15, -0.1) is 5.10 Å². The zero-order valence-electron chi connectivity index (χ0n) is 15.4. The molecule has 1 aliphatic heterocycles. The molecular formula is C19H20N6O3. The van der Waals surface area contributed by atoms with E-state index in [1.165, 1.54) is 6.20 Å². The third kappa shape index (κ3) is 3.78. The van der Waals surface area contributed by atoms with Crippen LogP contribution in [-0.2, 0) is 0 Å². The number of aryl methyl sites for hydroxylation is 1. The summed E-state index contributed by atoms with van der Waals surface area (Å²) in [5.74, 6) is 0.611. The zero-order valence-corrected chi connectivity index (χ0v) is 15.4. The van der Waals surface area contributed by atoms with Gasteiger partial charge in [-0.25, -0.2) is 9.78 Å². The fourth-order valence-corrected chi connectivity index (χ4v) is 3.34. The van der Waals surface area contributed by atoms with Crippen LogP contribution >= 0.6 is 0 Å². The summed E-state index contributed by atoms with van der Waals surface area (Å²) in [7, 11) is 0. The molecule has 28 heavy (non-hydrogen) atoms. The summed E-state index contributed by atoms with van der Waals surface area (Å²) >= 11 is 0. The Bertz CT molecular complexity index is 1080. The number of rotatable bonds is 4. The van der Waals surface area contributed by atoms with E-state index in [0.29, 0.717) is 18.1 Å². The molecule has 9 heteroatoms. The standard InChI is InChI=1S/C19H20N6O3/c1-12-16(9-15(24-23-12)14-10-21-19(27)22-18(14)26)25-8-4-5-13(11-25)28-17-6-2-3-7-20-17/h2-3,6-7,9-10,13H,4-5,8,11H2,1H3,(H2,21,22,26,27). The highest BCUT2D eigenvalue weighted by molar-refractivity contribution is 5.64. The van der Waals surface area contributed by atoms with Crippen molar-refractivity contribution in [3.63, 3.8) is 0 Å². The van der Waals surface area contributed by atoms with Crippen molar-refractivity contribution in [2.75, 3.05) is 18.0 Å². The molecule has 3 aromatic rings. The number of H-pyrrole nitrogens is 2. The first kappa shape index (κ1) is 17.9. The number of hydrogen-bond acceptors (Lipinski definition) is 7. The molecule has 1 saturated heterocycles. The van der Waals surface area contributed by atoms with Crippen molar-refractivity contribution in [3.05, 3.63) is 63.2 Å².